The summed E-state index contributed by atoms with van der Waals surface area (Å²) in [7, 11) is 1.77. The molecule has 2 aliphatic rings. The molecule has 4 heterocycles. The van der Waals surface area contributed by atoms with Gasteiger partial charge in [-0.1, -0.05) is 61.1 Å². The maximum Gasteiger partial charge on any atom is 0.296 e. The number of carbonyl (C=O) groups is 1. The normalized spacial score (nSPS) is 17.2. The van der Waals surface area contributed by atoms with Gasteiger partial charge in [-0.2, -0.15) is 0 Å². The van der Waals surface area contributed by atoms with E-state index in [2.05, 4.69) is 5.32 Å². The molecule has 1 N–H and O–H groups in total. The van der Waals surface area contributed by atoms with E-state index in [4.69, 9.17) is 17.2 Å². The topological polar surface area (TPSA) is 93.6 Å². The predicted octanol–water partition coefficient (Wildman–Crippen LogP) is 4.25. The molecule has 1 aliphatic carbocycles. The first-order valence-corrected chi connectivity index (χ1v) is 14.0. The average Bonchev–Trinajstić information content (AvgIpc) is 3.60. The van der Waals surface area contributed by atoms with Crippen LogP contribution in [-0.4, -0.2) is 35.0 Å². The molecule has 1 saturated heterocycles. The molecule has 0 bridgehead atoms. The van der Waals surface area contributed by atoms with Gasteiger partial charge in [0.05, 0.1) is 21.8 Å². The van der Waals surface area contributed by atoms with Crippen LogP contribution in [0.4, 0.5) is 11.5 Å². The van der Waals surface area contributed by atoms with Gasteiger partial charge in [0.15, 0.2) is 4.32 Å². The Labute approximate surface area is 233 Å². The standard InChI is InChI=1S/C28H26N6O3S2/c1-17-23(27(37)34(31(17)2)19-12-4-3-5-13-19)33-26(36)21(39-28(33)38)16-20-24(29-18-10-6-7-11-18)30-22-14-8-9-15-32(22)25(20)35/h3-5,8-9,12-16,18,29H,6-7,10-11H2,1-2H3. The van der Waals surface area contributed by atoms with Crippen LogP contribution < -0.4 is 21.3 Å². The fraction of sp³-hybridized carbons (Fsp3) is 0.250. The minimum atomic E-state index is -0.444. The number of aromatic nitrogens is 4. The molecule has 0 atom stereocenters. The summed E-state index contributed by atoms with van der Waals surface area (Å²) in [4.78, 5) is 47.2. The van der Waals surface area contributed by atoms with Crippen molar-refractivity contribution in [3.63, 3.8) is 0 Å². The first kappa shape index (κ1) is 25.3. The van der Waals surface area contributed by atoms with E-state index >= 15 is 0 Å². The third-order valence-corrected chi connectivity index (χ3v) is 8.58. The van der Waals surface area contributed by atoms with Crippen LogP contribution >= 0.6 is 24.0 Å². The zero-order valence-electron chi connectivity index (χ0n) is 21.5. The molecule has 3 aromatic heterocycles. The van der Waals surface area contributed by atoms with E-state index in [0.29, 0.717) is 22.8 Å². The molecular weight excluding hydrogens is 532 g/mol. The Morgan fingerprint density at radius 3 is 2.49 bits per heavy atom. The lowest BCUT2D eigenvalue weighted by Crippen LogP contribution is -2.33. The van der Waals surface area contributed by atoms with Crippen LogP contribution in [0.3, 0.4) is 0 Å². The molecule has 4 aromatic rings. The molecule has 1 saturated carbocycles. The number of amides is 1. The van der Waals surface area contributed by atoms with Crippen molar-refractivity contribution >= 4 is 57.4 Å². The van der Waals surface area contributed by atoms with Crippen molar-refractivity contribution in [2.75, 3.05) is 10.2 Å². The number of anilines is 2. The highest BCUT2D eigenvalue weighted by atomic mass is 32.2. The summed E-state index contributed by atoms with van der Waals surface area (Å²) in [5.41, 5.74) is 1.65. The number of thiocarbonyl (C=S) groups is 1. The van der Waals surface area contributed by atoms with Crippen molar-refractivity contribution in [3.8, 4) is 5.69 Å². The van der Waals surface area contributed by atoms with Crippen molar-refractivity contribution in [3.05, 3.63) is 91.6 Å². The van der Waals surface area contributed by atoms with Gasteiger partial charge in [0.1, 0.15) is 17.2 Å². The number of pyridine rings is 1. The molecule has 1 amide bonds. The molecule has 2 fully saturated rings. The van der Waals surface area contributed by atoms with E-state index < -0.39 is 5.91 Å². The maximum atomic E-state index is 13.8. The number of thioether (sulfide) groups is 1. The number of hydrogen-bond donors (Lipinski definition) is 1. The van der Waals surface area contributed by atoms with Gasteiger partial charge in [-0.25, -0.2) is 9.67 Å². The van der Waals surface area contributed by atoms with Crippen LogP contribution in [-0.2, 0) is 11.8 Å². The van der Waals surface area contributed by atoms with Crippen molar-refractivity contribution < 1.29 is 4.79 Å². The zero-order valence-corrected chi connectivity index (χ0v) is 23.1. The molecule has 0 radical (unpaired) electrons. The van der Waals surface area contributed by atoms with Gasteiger partial charge in [0.2, 0.25) is 0 Å². The van der Waals surface area contributed by atoms with Crippen LogP contribution in [0.2, 0.25) is 0 Å². The second kappa shape index (κ2) is 9.97. The zero-order chi connectivity index (χ0) is 27.3. The Morgan fingerprint density at radius 1 is 1.03 bits per heavy atom. The second-order valence-electron chi connectivity index (χ2n) is 9.66. The number of hydrogen-bond acceptors (Lipinski definition) is 7. The van der Waals surface area contributed by atoms with Gasteiger partial charge in [-0.15, -0.1) is 0 Å². The number of nitrogens with zero attached hydrogens (tertiary/aromatic N) is 5. The molecular formula is C28H26N6O3S2. The monoisotopic (exact) mass is 558 g/mol. The summed E-state index contributed by atoms with van der Waals surface area (Å²) in [5, 5.41) is 3.44. The Kier molecular flexibility index (Phi) is 6.48. The molecule has 0 unspecified atom stereocenters. The molecule has 1 aliphatic heterocycles. The lowest BCUT2D eigenvalue weighted by molar-refractivity contribution is -0.113. The molecule has 39 heavy (non-hydrogen) atoms. The van der Waals surface area contributed by atoms with E-state index in [1.165, 1.54) is 14.0 Å². The number of benzene rings is 1. The summed E-state index contributed by atoms with van der Waals surface area (Å²) in [5.74, 6) is 0.00563. The van der Waals surface area contributed by atoms with Gasteiger partial charge < -0.3 is 5.32 Å². The highest BCUT2D eigenvalue weighted by Crippen LogP contribution is 2.37. The van der Waals surface area contributed by atoms with Crippen LogP contribution in [0.5, 0.6) is 0 Å². The molecule has 11 heteroatoms. The Bertz CT molecular complexity index is 1780. The van der Waals surface area contributed by atoms with Crippen molar-refractivity contribution in [2.24, 2.45) is 7.05 Å². The first-order valence-electron chi connectivity index (χ1n) is 12.7. The van der Waals surface area contributed by atoms with E-state index in [-0.39, 0.29) is 37.6 Å². The van der Waals surface area contributed by atoms with E-state index in [1.807, 2.05) is 36.4 Å². The fourth-order valence-corrected chi connectivity index (χ4v) is 6.46. The summed E-state index contributed by atoms with van der Waals surface area (Å²) in [6.07, 6.45) is 7.45. The van der Waals surface area contributed by atoms with Crippen molar-refractivity contribution in [2.45, 2.75) is 38.6 Å². The largest absolute Gasteiger partial charge is 0.367 e. The molecule has 9 nitrogen and oxygen atoms in total. The third-order valence-electron chi connectivity index (χ3n) is 7.28. The van der Waals surface area contributed by atoms with Gasteiger partial charge in [0, 0.05) is 19.3 Å². The maximum absolute atomic E-state index is 13.8. The van der Waals surface area contributed by atoms with Gasteiger partial charge in [-0.3, -0.25) is 28.4 Å². The third kappa shape index (κ3) is 4.31. The second-order valence-corrected chi connectivity index (χ2v) is 11.3. The summed E-state index contributed by atoms with van der Waals surface area (Å²) in [6.45, 7) is 1.78. The van der Waals surface area contributed by atoms with Crippen LogP contribution in [0.15, 0.2) is 69.2 Å². The lowest BCUT2D eigenvalue weighted by atomic mass is 10.2. The highest BCUT2D eigenvalue weighted by molar-refractivity contribution is 8.27. The smallest absolute Gasteiger partial charge is 0.296 e. The minimum absolute atomic E-state index is 0.199. The van der Waals surface area contributed by atoms with Crippen LogP contribution in [0, 0.1) is 6.92 Å². The fourth-order valence-electron chi connectivity index (χ4n) is 5.21. The minimum Gasteiger partial charge on any atom is -0.367 e. The lowest BCUT2D eigenvalue weighted by Gasteiger charge is -2.16. The average molecular weight is 559 g/mol. The summed E-state index contributed by atoms with van der Waals surface area (Å²) >= 11 is 6.67. The van der Waals surface area contributed by atoms with Crippen molar-refractivity contribution in [1.82, 2.24) is 18.7 Å². The highest BCUT2D eigenvalue weighted by Gasteiger charge is 2.38. The molecule has 0 spiro atoms. The number of carbonyl (C=O) groups excluding carboxylic acids is 1. The first-order chi connectivity index (χ1) is 18.8. The van der Waals surface area contributed by atoms with Gasteiger partial charge >= 0.3 is 0 Å². The van der Waals surface area contributed by atoms with E-state index in [0.717, 1.165) is 37.4 Å². The van der Waals surface area contributed by atoms with Crippen molar-refractivity contribution in [1.29, 1.82) is 0 Å². The van der Waals surface area contributed by atoms with Crippen LogP contribution in [0.1, 0.15) is 36.9 Å². The Hall–Kier alpha value is -3.96. The number of nitrogens with one attached hydrogen (secondary N) is 1. The molecule has 198 valence electrons. The van der Waals surface area contributed by atoms with Crippen LogP contribution in [0.25, 0.3) is 17.4 Å². The van der Waals surface area contributed by atoms with E-state index in [9.17, 15) is 14.4 Å². The number of fused-ring (bicyclic) bond motifs is 1. The van der Waals surface area contributed by atoms with Gasteiger partial charge in [0.25, 0.3) is 17.0 Å². The molecule has 1 aromatic carbocycles. The SMILES string of the molecule is Cc1c(N2C(=O)C(=Cc3c(NC4CCCC4)nc4ccccn4c3=O)SC2=S)c(=O)n(-c2ccccc2)n1C. The number of rotatable bonds is 5. The molecule has 6 rings (SSSR count). The Morgan fingerprint density at radius 2 is 1.74 bits per heavy atom. The summed E-state index contributed by atoms with van der Waals surface area (Å²) in [6, 6.07) is 14.8. The van der Waals surface area contributed by atoms with E-state index in [1.54, 1.807) is 43.1 Å². The predicted molar refractivity (Wildman–Crippen MR) is 159 cm³/mol. The number of para-hydroxylation sites is 1. The summed E-state index contributed by atoms with van der Waals surface area (Å²) < 4.78 is 4.91. The Balaban J connectivity index is 1.44. The van der Waals surface area contributed by atoms with Gasteiger partial charge in [-0.05, 0) is 50.1 Å². The quantitative estimate of drug-likeness (QED) is 0.289.